The van der Waals surface area contributed by atoms with Crippen LogP contribution in [0.15, 0.2) is 60.7 Å². The number of amides is 1. The van der Waals surface area contributed by atoms with Gasteiger partial charge < -0.3 is 15.4 Å². The largest absolute Gasteiger partial charge is 0.490 e. The Morgan fingerprint density at radius 1 is 1.00 bits per heavy atom. The van der Waals surface area contributed by atoms with E-state index in [1.165, 1.54) is 0 Å². The van der Waals surface area contributed by atoms with Crippen molar-refractivity contribution >= 4 is 39.7 Å². The van der Waals surface area contributed by atoms with Gasteiger partial charge in [0.2, 0.25) is 5.91 Å². The lowest BCUT2D eigenvalue weighted by Gasteiger charge is -2.14. The molecule has 0 aliphatic heterocycles. The van der Waals surface area contributed by atoms with Crippen LogP contribution in [0.2, 0.25) is 5.02 Å². The van der Waals surface area contributed by atoms with E-state index >= 15 is 0 Å². The molecular formula is C20H19ClN2O2. The quantitative estimate of drug-likeness (QED) is 0.659. The summed E-state index contributed by atoms with van der Waals surface area (Å²) in [5.41, 5.74) is 1.49. The van der Waals surface area contributed by atoms with E-state index in [-0.39, 0.29) is 12.5 Å². The van der Waals surface area contributed by atoms with Gasteiger partial charge in [-0.1, -0.05) is 54.1 Å². The van der Waals surface area contributed by atoms with E-state index in [0.717, 1.165) is 16.5 Å². The lowest BCUT2D eigenvalue weighted by atomic mass is 10.1. The number of fused-ring (bicyclic) bond motifs is 1. The van der Waals surface area contributed by atoms with Crippen LogP contribution in [0.5, 0.6) is 5.75 Å². The monoisotopic (exact) mass is 354 g/mol. The first kappa shape index (κ1) is 17.1. The van der Waals surface area contributed by atoms with Gasteiger partial charge in [-0.05, 0) is 30.5 Å². The smallest absolute Gasteiger partial charge is 0.243 e. The Morgan fingerprint density at radius 2 is 1.72 bits per heavy atom. The molecule has 0 spiro atoms. The van der Waals surface area contributed by atoms with Crippen molar-refractivity contribution in [2.24, 2.45) is 0 Å². The molecule has 0 aliphatic rings. The Hall–Kier alpha value is -2.72. The molecule has 0 heterocycles. The molecule has 1 amide bonds. The van der Waals surface area contributed by atoms with Crippen molar-refractivity contribution in [3.63, 3.8) is 0 Å². The number of benzene rings is 3. The number of ether oxygens (including phenoxy) is 1. The van der Waals surface area contributed by atoms with E-state index in [4.69, 9.17) is 16.3 Å². The molecule has 0 aliphatic carbocycles. The van der Waals surface area contributed by atoms with Gasteiger partial charge in [0.25, 0.3) is 0 Å². The third kappa shape index (κ3) is 4.03. The molecule has 0 aromatic heterocycles. The van der Waals surface area contributed by atoms with Gasteiger partial charge in [0.15, 0.2) is 5.75 Å². The fourth-order valence-electron chi connectivity index (χ4n) is 2.64. The second-order valence-corrected chi connectivity index (χ2v) is 5.89. The molecule has 128 valence electrons. The van der Waals surface area contributed by atoms with Gasteiger partial charge in [-0.15, -0.1) is 0 Å². The molecule has 0 atom stereocenters. The minimum Gasteiger partial charge on any atom is -0.490 e. The molecule has 25 heavy (non-hydrogen) atoms. The Morgan fingerprint density at radius 3 is 2.56 bits per heavy atom. The number of anilines is 2. The molecule has 0 bridgehead atoms. The number of carbonyl (C=O) groups excluding carboxylic acids is 1. The van der Waals surface area contributed by atoms with Gasteiger partial charge in [0, 0.05) is 11.1 Å². The summed E-state index contributed by atoms with van der Waals surface area (Å²) in [5, 5.41) is 8.64. The Balaban J connectivity index is 1.70. The molecular weight excluding hydrogens is 336 g/mol. The van der Waals surface area contributed by atoms with Crippen LogP contribution in [0.1, 0.15) is 6.92 Å². The van der Waals surface area contributed by atoms with Crippen molar-refractivity contribution < 1.29 is 9.53 Å². The Bertz CT molecular complexity index is 891. The van der Waals surface area contributed by atoms with E-state index in [9.17, 15) is 4.79 Å². The first-order valence-electron chi connectivity index (χ1n) is 8.12. The number of hydrogen-bond acceptors (Lipinski definition) is 3. The van der Waals surface area contributed by atoms with Crippen LogP contribution in [0.4, 0.5) is 11.4 Å². The maximum Gasteiger partial charge on any atom is 0.243 e. The molecule has 5 heteroatoms. The Kier molecular flexibility index (Phi) is 5.41. The van der Waals surface area contributed by atoms with Crippen molar-refractivity contribution in [2.45, 2.75) is 6.92 Å². The molecule has 0 unspecified atom stereocenters. The standard InChI is InChI=1S/C20H19ClN2O2/c1-2-25-20-16(21)10-6-12-18(20)22-13-19(24)23-17-11-5-8-14-7-3-4-9-15(14)17/h3-12,22H,2,13H2,1H3,(H,23,24). The fraction of sp³-hybridized carbons (Fsp3) is 0.150. The van der Waals surface area contributed by atoms with Crippen LogP contribution in [0.3, 0.4) is 0 Å². The number of para-hydroxylation sites is 1. The lowest BCUT2D eigenvalue weighted by Crippen LogP contribution is -2.22. The van der Waals surface area contributed by atoms with E-state index in [1.807, 2.05) is 61.5 Å². The fourth-order valence-corrected chi connectivity index (χ4v) is 2.87. The van der Waals surface area contributed by atoms with Gasteiger partial charge >= 0.3 is 0 Å². The van der Waals surface area contributed by atoms with Crippen LogP contribution in [0.25, 0.3) is 10.8 Å². The Labute approximate surface area is 151 Å². The number of halogens is 1. The van der Waals surface area contributed by atoms with Gasteiger partial charge in [-0.3, -0.25) is 4.79 Å². The van der Waals surface area contributed by atoms with E-state index in [0.29, 0.717) is 23.1 Å². The summed E-state index contributed by atoms with van der Waals surface area (Å²) in [5.74, 6) is 0.420. The molecule has 4 nitrogen and oxygen atoms in total. The minimum atomic E-state index is -0.140. The van der Waals surface area contributed by atoms with Crippen molar-refractivity contribution in [1.29, 1.82) is 0 Å². The molecule has 0 radical (unpaired) electrons. The highest BCUT2D eigenvalue weighted by molar-refractivity contribution is 6.32. The second kappa shape index (κ2) is 7.90. The van der Waals surface area contributed by atoms with Crippen molar-refractivity contribution in [3.8, 4) is 5.75 Å². The van der Waals surface area contributed by atoms with Crippen molar-refractivity contribution in [3.05, 3.63) is 65.7 Å². The van der Waals surface area contributed by atoms with Crippen molar-refractivity contribution in [1.82, 2.24) is 0 Å². The number of nitrogens with one attached hydrogen (secondary N) is 2. The predicted octanol–water partition coefficient (Wildman–Crippen LogP) is 4.94. The third-order valence-electron chi connectivity index (χ3n) is 3.76. The number of carbonyl (C=O) groups is 1. The predicted molar refractivity (Wildman–Crippen MR) is 104 cm³/mol. The minimum absolute atomic E-state index is 0.115. The molecule has 3 aromatic carbocycles. The summed E-state index contributed by atoms with van der Waals surface area (Å²) in [4.78, 5) is 12.3. The van der Waals surface area contributed by atoms with Crippen LogP contribution >= 0.6 is 11.6 Å². The summed E-state index contributed by atoms with van der Waals surface area (Å²) in [7, 11) is 0. The van der Waals surface area contributed by atoms with Gasteiger partial charge in [0.05, 0.1) is 23.9 Å². The van der Waals surface area contributed by atoms with E-state index < -0.39 is 0 Å². The van der Waals surface area contributed by atoms with E-state index in [1.54, 1.807) is 6.07 Å². The van der Waals surface area contributed by atoms with E-state index in [2.05, 4.69) is 10.6 Å². The first-order valence-corrected chi connectivity index (χ1v) is 8.49. The average Bonchev–Trinajstić information content (AvgIpc) is 2.63. The van der Waals surface area contributed by atoms with Gasteiger partial charge in [-0.2, -0.15) is 0 Å². The highest BCUT2D eigenvalue weighted by atomic mass is 35.5. The number of hydrogen-bond donors (Lipinski definition) is 2. The molecule has 0 saturated carbocycles. The summed E-state index contributed by atoms with van der Waals surface area (Å²) in [6.07, 6.45) is 0. The van der Waals surface area contributed by atoms with Gasteiger partial charge in [0.1, 0.15) is 0 Å². The first-order chi connectivity index (χ1) is 12.2. The van der Waals surface area contributed by atoms with Crippen molar-refractivity contribution in [2.75, 3.05) is 23.8 Å². The summed E-state index contributed by atoms with van der Waals surface area (Å²) < 4.78 is 5.55. The topological polar surface area (TPSA) is 50.4 Å². The molecule has 3 aromatic rings. The average molecular weight is 355 g/mol. The SMILES string of the molecule is CCOc1c(Cl)cccc1NCC(=O)Nc1cccc2ccccc12. The van der Waals surface area contributed by atoms with Gasteiger partial charge in [-0.25, -0.2) is 0 Å². The molecule has 0 saturated heterocycles. The molecule has 3 rings (SSSR count). The van der Waals surface area contributed by atoms with Crippen LogP contribution in [-0.2, 0) is 4.79 Å². The second-order valence-electron chi connectivity index (χ2n) is 5.48. The van der Waals surface area contributed by atoms with Crippen LogP contribution in [0, 0.1) is 0 Å². The zero-order valence-corrected chi connectivity index (χ0v) is 14.6. The maximum absolute atomic E-state index is 12.3. The lowest BCUT2D eigenvalue weighted by molar-refractivity contribution is -0.114. The molecule has 2 N–H and O–H groups in total. The molecule has 0 fully saturated rings. The normalized spacial score (nSPS) is 10.5. The van der Waals surface area contributed by atoms with Crippen LogP contribution < -0.4 is 15.4 Å². The summed E-state index contributed by atoms with van der Waals surface area (Å²) in [6.45, 7) is 2.50. The maximum atomic E-state index is 12.3. The summed E-state index contributed by atoms with van der Waals surface area (Å²) in [6, 6.07) is 19.2. The summed E-state index contributed by atoms with van der Waals surface area (Å²) >= 11 is 6.15. The highest BCUT2D eigenvalue weighted by Crippen LogP contribution is 2.32. The zero-order chi connectivity index (χ0) is 17.6. The van der Waals surface area contributed by atoms with Crippen LogP contribution in [-0.4, -0.2) is 19.1 Å². The third-order valence-corrected chi connectivity index (χ3v) is 4.06. The number of rotatable bonds is 6. The highest BCUT2D eigenvalue weighted by Gasteiger charge is 2.10. The zero-order valence-electron chi connectivity index (χ0n) is 13.9.